The van der Waals surface area contributed by atoms with E-state index in [2.05, 4.69) is 20.9 Å². The molecule has 0 saturated heterocycles. The topological polar surface area (TPSA) is 151 Å². The summed E-state index contributed by atoms with van der Waals surface area (Å²) < 4.78 is 80.5. The van der Waals surface area contributed by atoms with Crippen molar-refractivity contribution in [1.29, 1.82) is 0 Å². The molecule has 20 heteroatoms. The average Bonchev–Trinajstić information content (AvgIpc) is 3.72. The third-order valence-electron chi connectivity index (χ3n) is 9.64. The Bertz CT molecular complexity index is 2980. The van der Waals surface area contributed by atoms with Crippen LogP contribution < -0.4 is 11.4 Å². The van der Waals surface area contributed by atoms with Crippen molar-refractivity contribution in [1.82, 2.24) is 18.7 Å². The zero-order valence-corrected chi connectivity index (χ0v) is 37.5. The average molecular weight is 1020 g/mol. The van der Waals surface area contributed by atoms with Crippen LogP contribution in [0.25, 0.3) is 22.1 Å². The van der Waals surface area contributed by atoms with Gasteiger partial charge in [-0.2, -0.15) is 26.3 Å². The number of aromatic nitrogens is 4. The molecule has 1 radical (unpaired) electrons. The van der Waals surface area contributed by atoms with Crippen molar-refractivity contribution in [2.75, 3.05) is 0 Å². The molecule has 327 valence electrons. The molecule has 0 saturated carbocycles. The zero-order chi connectivity index (χ0) is 45.5. The molecule has 0 aliphatic rings. The summed E-state index contributed by atoms with van der Waals surface area (Å²) in [7, 11) is 0. The van der Waals surface area contributed by atoms with Crippen molar-refractivity contribution in [3.8, 4) is 0 Å². The largest absolute Gasteiger partial charge is 0.416 e. The van der Waals surface area contributed by atoms with Crippen LogP contribution in [0.1, 0.15) is 33.4 Å². The Balaban J connectivity index is 0.000000201. The van der Waals surface area contributed by atoms with Gasteiger partial charge in [0.15, 0.2) is 0 Å². The predicted octanol–water partition coefficient (Wildman–Crippen LogP) is 10.7. The van der Waals surface area contributed by atoms with Crippen molar-refractivity contribution < 1.29 is 68.9 Å². The number of non-ortho nitro benzene ring substituents is 2. The number of halogens is 7. The van der Waals surface area contributed by atoms with Crippen LogP contribution in [-0.2, 0) is 70.0 Å². The number of aromatic amines is 1. The number of hydrogen-bond donors (Lipinski definition) is 1. The smallest absolute Gasteiger partial charge is 0.306 e. The van der Waals surface area contributed by atoms with Crippen LogP contribution in [0, 0.1) is 20.2 Å². The van der Waals surface area contributed by atoms with Crippen LogP contribution in [0.15, 0.2) is 155 Å². The number of imidazole rings is 2. The summed E-state index contributed by atoms with van der Waals surface area (Å²) in [5.74, 6) is 0. The van der Waals surface area contributed by atoms with Crippen LogP contribution in [0.2, 0.25) is 0 Å². The Morgan fingerprint density at radius 3 is 1.22 bits per heavy atom. The van der Waals surface area contributed by atoms with Gasteiger partial charge in [0.05, 0.1) is 62.7 Å². The molecule has 0 amide bonds. The summed E-state index contributed by atoms with van der Waals surface area (Å²) in [6.45, 7) is 0.545. The van der Waals surface area contributed by atoms with E-state index in [9.17, 15) is 56.2 Å². The number of H-pyrrole nitrogens is 1. The Labute approximate surface area is 392 Å². The first-order chi connectivity index (χ1) is 29.9. The fraction of sp³-hybridized carbons (Fsp3) is 0.136. The molecule has 2 heterocycles. The second kappa shape index (κ2) is 21.0. The number of hydrogen-bond acceptors (Lipinski definition) is 6. The fourth-order valence-corrected chi connectivity index (χ4v) is 6.79. The van der Waals surface area contributed by atoms with Gasteiger partial charge in [-0.25, -0.2) is 9.59 Å². The maximum atomic E-state index is 13.1. The third-order valence-corrected chi connectivity index (χ3v) is 10.3. The van der Waals surface area contributed by atoms with Gasteiger partial charge in [-0.1, -0.05) is 88.7 Å². The van der Waals surface area contributed by atoms with Crippen molar-refractivity contribution in [2.24, 2.45) is 0 Å². The monoisotopic (exact) mass is 1020 g/mol. The first kappa shape index (κ1) is 48.8. The molecule has 2 aromatic heterocycles. The van der Waals surface area contributed by atoms with Crippen LogP contribution in [0.4, 0.5) is 37.7 Å². The Morgan fingerprint density at radius 1 is 0.500 bits per heavy atom. The van der Waals surface area contributed by atoms with Gasteiger partial charge in [-0.3, -0.25) is 33.9 Å². The Hall–Kier alpha value is -6.18. The number of para-hydroxylation sites is 4. The normalized spacial score (nSPS) is 11.2. The molecule has 0 aliphatic carbocycles. The molecular formula is C44H33BrF6N6O6Y. The minimum absolute atomic E-state index is 0. The number of alkyl halides is 7. The second-order valence-electron chi connectivity index (χ2n) is 13.8. The van der Waals surface area contributed by atoms with Crippen molar-refractivity contribution >= 4 is 49.4 Å². The van der Waals surface area contributed by atoms with Crippen LogP contribution in [0.5, 0.6) is 0 Å². The summed E-state index contributed by atoms with van der Waals surface area (Å²) >= 11 is 3.25. The number of nitrogens with zero attached hydrogens (tertiary/aromatic N) is 5. The predicted molar refractivity (Wildman–Crippen MR) is 228 cm³/mol. The van der Waals surface area contributed by atoms with E-state index >= 15 is 0 Å². The third kappa shape index (κ3) is 12.1. The van der Waals surface area contributed by atoms with Crippen molar-refractivity contribution in [3.05, 3.63) is 220 Å². The maximum absolute atomic E-state index is 13.1. The zero-order valence-electron chi connectivity index (χ0n) is 33.1. The summed E-state index contributed by atoms with van der Waals surface area (Å²) in [4.78, 5) is 47.9. The number of nitro benzene ring substituents is 2. The molecule has 0 spiro atoms. The van der Waals surface area contributed by atoms with Gasteiger partial charge in [0, 0.05) is 62.3 Å². The van der Waals surface area contributed by atoms with E-state index in [1.54, 1.807) is 77.4 Å². The number of fused-ring (bicyclic) bond motifs is 2. The van der Waals surface area contributed by atoms with Crippen molar-refractivity contribution in [2.45, 2.75) is 37.3 Å². The minimum atomic E-state index is -4.42. The molecule has 6 aromatic carbocycles. The molecule has 0 atom stereocenters. The molecule has 8 rings (SSSR count). The standard InChI is InChI=1S/C22H16F3N3O3.C15H11F3N2O.C7H6BrNO2.Y/c23-22(24,25)17-9-5-15(6-10-17)13-26-19-3-1-2-4-20(19)27(21(26)29)14-16-7-11-18(12-8-16)28(30)31;16-15(17,18)11-7-5-10(6-8-11)9-20-13-4-2-1-3-12(13)19-14(20)21;8-5-6-1-3-7(4-2-6)9(10)11;/h1-12H,13-14H2;1-8H,9H2,(H,19,21);1-4H,5H2;. The molecule has 64 heavy (non-hydrogen) atoms. The quantitative estimate of drug-likeness (QED) is 0.0658. The summed E-state index contributed by atoms with van der Waals surface area (Å²) in [5, 5.41) is 21.8. The summed E-state index contributed by atoms with van der Waals surface area (Å²) in [6.07, 6.45) is -8.77. The molecule has 12 nitrogen and oxygen atoms in total. The van der Waals surface area contributed by atoms with E-state index in [1.165, 1.54) is 57.7 Å². The van der Waals surface area contributed by atoms with E-state index in [0.717, 1.165) is 40.7 Å². The van der Waals surface area contributed by atoms with Gasteiger partial charge >= 0.3 is 23.7 Å². The van der Waals surface area contributed by atoms with Gasteiger partial charge in [-0.15, -0.1) is 0 Å². The first-order valence-electron chi connectivity index (χ1n) is 18.6. The Morgan fingerprint density at radius 2 is 0.844 bits per heavy atom. The van der Waals surface area contributed by atoms with Crippen LogP contribution in [-0.4, -0.2) is 28.5 Å². The van der Waals surface area contributed by atoms with Crippen LogP contribution in [0.3, 0.4) is 0 Å². The summed E-state index contributed by atoms with van der Waals surface area (Å²) in [6, 6.07) is 36.2. The molecular weight excluding hydrogens is 991 g/mol. The molecule has 0 bridgehead atoms. The number of nitro groups is 2. The molecule has 0 unspecified atom stereocenters. The maximum Gasteiger partial charge on any atom is 0.416 e. The van der Waals surface area contributed by atoms with Gasteiger partial charge < -0.3 is 4.98 Å². The van der Waals surface area contributed by atoms with E-state index in [4.69, 9.17) is 0 Å². The van der Waals surface area contributed by atoms with Gasteiger partial charge in [0.25, 0.3) is 11.4 Å². The van der Waals surface area contributed by atoms with Gasteiger partial charge in [-0.05, 0) is 70.8 Å². The molecule has 1 N–H and O–H groups in total. The fourth-order valence-electron chi connectivity index (χ4n) is 6.42. The number of nitrogens with one attached hydrogen (secondary N) is 1. The first-order valence-corrected chi connectivity index (χ1v) is 19.8. The van der Waals surface area contributed by atoms with E-state index in [1.807, 2.05) is 0 Å². The van der Waals surface area contributed by atoms with E-state index in [0.29, 0.717) is 33.2 Å². The molecule has 0 fully saturated rings. The van der Waals surface area contributed by atoms with E-state index < -0.39 is 33.3 Å². The van der Waals surface area contributed by atoms with Crippen molar-refractivity contribution in [3.63, 3.8) is 0 Å². The number of benzene rings is 6. The number of rotatable bonds is 9. The summed E-state index contributed by atoms with van der Waals surface area (Å²) in [5.41, 5.74) is 3.74. The SMILES string of the molecule is O=[N+]([O-])c1ccc(CBr)cc1.O=c1[nH]c2ccccc2n1Cc1ccc(C(F)(F)F)cc1.O=c1n(Cc2ccc([N+](=O)[O-])cc2)c2ccccc2n1Cc1ccc(C(F)(F)F)cc1.[Y]. The minimum Gasteiger partial charge on any atom is -0.306 e. The van der Waals surface area contributed by atoms with Gasteiger partial charge in [0.1, 0.15) is 0 Å². The Kier molecular flexibility index (Phi) is 16.0. The molecule has 8 aromatic rings. The van der Waals surface area contributed by atoms with Gasteiger partial charge in [0.2, 0.25) is 0 Å². The second-order valence-corrected chi connectivity index (χ2v) is 14.4. The van der Waals surface area contributed by atoms with E-state index in [-0.39, 0.29) is 75.1 Å². The van der Waals surface area contributed by atoms with Crippen LogP contribution >= 0.6 is 15.9 Å². The molecule has 0 aliphatic heterocycles.